The van der Waals surface area contributed by atoms with Crippen molar-refractivity contribution in [3.63, 3.8) is 0 Å². The van der Waals surface area contributed by atoms with E-state index in [1.54, 1.807) is 45.0 Å². The lowest BCUT2D eigenvalue weighted by Crippen LogP contribution is -2.32. The molecule has 0 unspecified atom stereocenters. The highest BCUT2D eigenvalue weighted by Crippen LogP contribution is 2.11. The first-order valence-corrected chi connectivity index (χ1v) is 8.44. The number of ether oxygens (including phenoxy) is 1. The van der Waals surface area contributed by atoms with Gasteiger partial charge in [-0.1, -0.05) is 12.1 Å². The van der Waals surface area contributed by atoms with Crippen LogP contribution in [0, 0.1) is 0 Å². The summed E-state index contributed by atoms with van der Waals surface area (Å²) in [6.45, 7) is 6.47. The summed E-state index contributed by atoms with van der Waals surface area (Å²) in [5.41, 5.74) is 0.992. The fourth-order valence-electron chi connectivity index (χ4n) is 1.94. The van der Waals surface area contributed by atoms with Crippen molar-refractivity contribution >= 4 is 23.7 Å². The standard InChI is InChI=1S/C18H27N3O5/c1-18(2,3)26-17(25)20-12-13-4-6-14(7-5-13)21-15(22)8-10-19-11-9-16(23)24/h4-7,19H,8-12H2,1-3H3,(H,20,25)(H,21,22)(H,23,24). The molecule has 1 rings (SSSR count). The van der Waals surface area contributed by atoms with Gasteiger partial charge in [0.25, 0.3) is 0 Å². The van der Waals surface area contributed by atoms with Gasteiger partial charge in [-0.05, 0) is 38.5 Å². The lowest BCUT2D eigenvalue weighted by molar-refractivity contribution is -0.136. The van der Waals surface area contributed by atoms with Gasteiger partial charge in [0.15, 0.2) is 0 Å². The van der Waals surface area contributed by atoms with E-state index in [9.17, 15) is 14.4 Å². The Bertz CT molecular complexity index is 608. The van der Waals surface area contributed by atoms with Crippen LogP contribution in [0.5, 0.6) is 0 Å². The van der Waals surface area contributed by atoms with Crippen LogP contribution in [0.4, 0.5) is 10.5 Å². The van der Waals surface area contributed by atoms with Gasteiger partial charge in [-0.3, -0.25) is 9.59 Å². The van der Waals surface area contributed by atoms with Gasteiger partial charge >= 0.3 is 12.1 Å². The molecule has 0 aromatic heterocycles. The van der Waals surface area contributed by atoms with Crippen molar-refractivity contribution in [2.24, 2.45) is 0 Å². The summed E-state index contributed by atoms with van der Waals surface area (Å²) in [6.07, 6.45) is -0.201. The molecule has 2 amide bonds. The molecule has 8 nitrogen and oxygen atoms in total. The number of hydrogen-bond donors (Lipinski definition) is 4. The average molecular weight is 365 g/mol. The summed E-state index contributed by atoms with van der Waals surface area (Å²) in [7, 11) is 0. The normalized spacial score (nSPS) is 10.9. The first-order valence-electron chi connectivity index (χ1n) is 8.44. The van der Waals surface area contributed by atoms with Crippen molar-refractivity contribution in [2.75, 3.05) is 18.4 Å². The maximum Gasteiger partial charge on any atom is 0.407 e. The lowest BCUT2D eigenvalue weighted by Gasteiger charge is -2.19. The molecule has 1 aromatic carbocycles. The first-order chi connectivity index (χ1) is 12.2. The Morgan fingerprint density at radius 1 is 1.04 bits per heavy atom. The summed E-state index contributed by atoms with van der Waals surface area (Å²) in [4.78, 5) is 33.8. The van der Waals surface area contributed by atoms with Crippen LogP contribution < -0.4 is 16.0 Å². The largest absolute Gasteiger partial charge is 0.481 e. The molecule has 144 valence electrons. The molecule has 0 radical (unpaired) electrons. The summed E-state index contributed by atoms with van der Waals surface area (Å²) in [6, 6.07) is 7.11. The number of alkyl carbamates (subject to hydrolysis) is 1. The number of aliphatic carboxylic acids is 1. The molecular formula is C18H27N3O5. The molecule has 0 bridgehead atoms. The number of benzene rings is 1. The molecule has 0 saturated carbocycles. The summed E-state index contributed by atoms with van der Waals surface area (Å²) >= 11 is 0. The van der Waals surface area contributed by atoms with Gasteiger partial charge in [0.05, 0.1) is 6.42 Å². The zero-order valence-electron chi connectivity index (χ0n) is 15.4. The van der Waals surface area contributed by atoms with Crippen molar-refractivity contribution in [1.29, 1.82) is 0 Å². The SMILES string of the molecule is CC(C)(C)OC(=O)NCc1ccc(NC(=O)CCNCCC(=O)O)cc1. The molecule has 0 heterocycles. The molecule has 8 heteroatoms. The van der Waals surface area contributed by atoms with E-state index in [0.29, 0.717) is 25.3 Å². The highest BCUT2D eigenvalue weighted by atomic mass is 16.6. The topological polar surface area (TPSA) is 117 Å². The van der Waals surface area contributed by atoms with Crippen molar-refractivity contribution < 1.29 is 24.2 Å². The fourth-order valence-corrected chi connectivity index (χ4v) is 1.94. The number of nitrogens with one attached hydrogen (secondary N) is 3. The van der Waals surface area contributed by atoms with Gasteiger partial charge in [0, 0.05) is 31.7 Å². The zero-order chi connectivity index (χ0) is 19.6. The number of carboxylic acid groups (broad SMARTS) is 1. The summed E-state index contributed by atoms with van der Waals surface area (Å²) in [5.74, 6) is -1.03. The van der Waals surface area contributed by atoms with Crippen molar-refractivity contribution in [1.82, 2.24) is 10.6 Å². The van der Waals surface area contributed by atoms with E-state index in [-0.39, 0.29) is 18.7 Å². The second kappa shape index (κ2) is 10.4. The van der Waals surface area contributed by atoms with E-state index < -0.39 is 17.7 Å². The highest BCUT2D eigenvalue weighted by molar-refractivity contribution is 5.90. The molecule has 26 heavy (non-hydrogen) atoms. The van der Waals surface area contributed by atoms with E-state index >= 15 is 0 Å². The van der Waals surface area contributed by atoms with Gasteiger partial charge in [-0.25, -0.2) is 4.79 Å². The lowest BCUT2D eigenvalue weighted by atomic mass is 10.2. The third-order valence-electron chi connectivity index (χ3n) is 3.12. The van der Waals surface area contributed by atoms with E-state index in [0.717, 1.165) is 5.56 Å². The molecule has 0 aliphatic rings. The van der Waals surface area contributed by atoms with E-state index in [1.165, 1.54) is 0 Å². The molecule has 0 atom stereocenters. The van der Waals surface area contributed by atoms with Gasteiger partial charge in [-0.15, -0.1) is 0 Å². The van der Waals surface area contributed by atoms with Crippen LogP contribution in [0.15, 0.2) is 24.3 Å². The summed E-state index contributed by atoms with van der Waals surface area (Å²) in [5, 5.41) is 16.8. The second-order valence-electron chi connectivity index (χ2n) is 6.74. The van der Waals surface area contributed by atoms with Crippen molar-refractivity contribution in [3.8, 4) is 0 Å². The van der Waals surface area contributed by atoms with Crippen LogP contribution in [0.1, 0.15) is 39.2 Å². The number of anilines is 1. The molecule has 0 saturated heterocycles. The van der Waals surface area contributed by atoms with Gasteiger partial charge in [-0.2, -0.15) is 0 Å². The minimum absolute atomic E-state index is 0.0282. The maximum absolute atomic E-state index is 11.8. The van der Waals surface area contributed by atoms with Crippen molar-refractivity contribution in [2.45, 2.75) is 45.8 Å². The van der Waals surface area contributed by atoms with Crippen LogP contribution in [0.25, 0.3) is 0 Å². The second-order valence-corrected chi connectivity index (χ2v) is 6.74. The van der Waals surface area contributed by atoms with Crippen LogP contribution in [0.3, 0.4) is 0 Å². The van der Waals surface area contributed by atoms with E-state index in [2.05, 4.69) is 16.0 Å². The molecule has 0 fully saturated rings. The maximum atomic E-state index is 11.8. The Balaban J connectivity index is 2.30. The fraction of sp³-hybridized carbons (Fsp3) is 0.500. The van der Waals surface area contributed by atoms with Crippen LogP contribution in [0.2, 0.25) is 0 Å². The number of carbonyl (C=O) groups excluding carboxylic acids is 2. The van der Waals surface area contributed by atoms with Gasteiger partial charge in [0.2, 0.25) is 5.91 Å². The quantitative estimate of drug-likeness (QED) is 0.498. The minimum Gasteiger partial charge on any atom is -0.481 e. The molecule has 1 aromatic rings. The Morgan fingerprint density at radius 3 is 2.23 bits per heavy atom. The Kier molecular flexibility index (Phi) is 8.57. The van der Waals surface area contributed by atoms with Gasteiger partial charge < -0.3 is 25.8 Å². The monoisotopic (exact) mass is 365 g/mol. The zero-order valence-corrected chi connectivity index (χ0v) is 15.4. The Morgan fingerprint density at radius 2 is 1.65 bits per heavy atom. The van der Waals surface area contributed by atoms with E-state index in [1.807, 2.05) is 0 Å². The number of hydrogen-bond acceptors (Lipinski definition) is 5. The smallest absolute Gasteiger partial charge is 0.407 e. The predicted molar refractivity (Wildman–Crippen MR) is 97.9 cm³/mol. The number of rotatable bonds is 9. The molecule has 0 aliphatic carbocycles. The van der Waals surface area contributed by atoms with Gasteiger partial charge in [0.1, 0.15) is 5.60 Å². The average Bonchev–Trinajstić information content (AvgIpc) is 2.52. The number of amides is 2. The third-order valence-corrected chi connectivity index (χ3v) is 3.12. The third kappa shape index (κ3) is 10.3. The molecule has 0 spiro atoms. The van der Waals surface area contributed by atoms with Crippen LogP contribution >= 0.6 is 0 Å². The molecule has 0 aliphatic heterocycles. The minimum atomic E-state index is -0.872. The molecule has 4 N–H and O–H groups in total. The summed E-state index contributed by atoms with van der Waals surface area (Å²) < 4.78 is 5.16. The predicted octanol–water partition coefficient (Wildman–Crippen LogP) is 2.10. The first kappa shape index (κ1) is 21.4. The van der Waals surface area contributed by atoms with Crippen LogP contribution in [-0.2, 0) is 20.9 Å². The van der Waals surface area contributed by atoms with Crippen molar-refractivity contribution in [3.05, 3.63) is 29.8 Å². The van der Waals surface area contributed by atoms with E-state index in [4.69, 9.17) is 9.84 Å². The van der Waals surface area contributed by atoms with Crippen LogP contribution in [-0.4, -0.2) is 41.8 Å². The Labute approximate surface area is 153 Å². The highest BCUT2D eigenvalue weighted by Gasteiger charge is 2.15. The molecular weight excluding hydrogens is 338 g/mol. The number of carboxylic acids is 1. The Hall–Kier alpha value is -2.61. The number of carbonyl (C=O) groups is 3.